The highest BCUT2D eigenvalue weighted by atomic mass is 16.6. The lowest BCUT2D eigenvalue weighted by atomic mass is 9.85. The van der Waals surface area contributed by atoms with Gasteiger partial charge in [-0.25, -0.2) is 0 Å². The lowest BCUT2D eigenvalue weighted by molar-refractivity contribution is -0.385. The van der Waals surface area contributed by atoms with Crippen LogP contribution in [0.1, 0.15) is 32.9 Å². The van der Waals surface area contributed by atoms with E-state index in [0.717, 1.165) is 6.42 Å². The third-order valence-electron chi connectivity index (χ3n) is 2.50. The van der Waals surface area contributed by atoms with E-state index >= 15 is 0 Å². The number of H-pyrrole nitrogens is 1. The normalized spacial score (nSPS) is 11.6. The fourth-order valence-electron chi connectivity index (χ4n) is 1.20. The molecule has 0 aliphatic heterocycles. The maximum absolute atomic E-state index is 10.6. The summed E-state index contributed by atoms with van der Waals surface area (Å²) in [7, 11) is 0. The molecule has 5 heteroatoms. The van der Waals surface area contributed by atoms with Crippen molar-refractivity contribution in [1.82, 2.24) is 10.2 Å². The number of nitrogens with one attached hydrogen (secondary N) is 1. The molecule has 14 heavy (non-hydrogen) atoms. The Labute approximate surface area is 82.7 Å². The molecule has 0 aliphatic rings. The van der Waals surface area contributed by atoms with Crippen LogP contribution in [0.3, 0.4) is 0 Å². The van der Waals surface area contributed by atoms with Gasteiger partial charge in [0.1, 0.15) is 11.9 Å². The third-order valence-corrected chi connectivity index (χ3v) is 2.50. The predicted octanol–water partition coefficient (Wildman–Crippen LogP) is 2.30. The minimum Gasteiger partial charge on any atom is -0.275 e. The fourth-order valence-corrected chi connectivity index (χ4v) is 1.20. The van der Waals surface area contributed by atoms with Crippen molar-refractivity contribution in [2.75, 3.05) is 0 Å². The van der Waals surface area contributed by atoms with Gasteiger partial charge in [0.15, 0.2) is 0 Å². The van der Waals surface area contributed by atoms with E-state index in [-0.39, 0.29) is 11.1 Å². The van der Waals surface area contributed by atoms with E-state index in [2.05, 4.69) is 31.0 Å². The number of hydrogen-bond donors (Lipinski definition) is 1. The molecule has 0 bridgehead atoms. The van der Waals surface area contributed by atoms with Crippen molar-refractivity contribution in [1.29, 1.82) is 0 Å². The van der Waals surface area contributed by atoms with Crippen LogP contribution in [0.25, 0.3) is 0 Å². The quantitative estimate of drug-likeness (QED) is 0.594. The fraction of sp³-hybridized carbons (Fsp3) is 0.667. The Morgan fingerprint density at radius 2 is 2.29 bits per heavy atom. The van der Waals surface area contributed by atoms with Crippen LogP contribution in [0.5, 0.6) is 0 Å². The summed E-state index contributed by atoms with van der Waals surface area (Å²) in [6, 6.07) is 0. The molecule has 0 fully saturated rings. The third kappa shape index (κ3) is 2.31. The summed E-state index contributed by atoms with van der Waals surface area (Å²) >= 11 is 0. The summed E-state index contributed by atoms with van der Waals surface area (Å²) in [5, 5.41) is 17.0. The van der Waals surface area contributed by atoms with E-state index in [4.69, 9.17) is 0 Å². The van der Waals surface area contributed by atoms with Gasteiger partial charge >= 0.3 is 5.69 Å². The predicted molar refractivity (Wildman–Crippen MR) is 53.0 cm³/mol. The molecule has 0 aromatic carbocycles. The van der Waals surface area contributed by atoms with Crippen molar-refractivity contribution in [3.63, 3.8) is 0 Å². The van der Waals surface area contributed by atoms with Gasteiger partial charge in [-0.05, 0) is 5.41 Å². The van der Waals surface area contributed by atoms with Crippen molar-refractivity contribution >= 4 is 5.69 Å². The summed E-state index contributed by atoms with van der Waals surface area (Å²) in [4.78, 5) is 10.2. The van der Waals surface area contributed by atoms with Crippen LogP contribution in [0, 0.1) is 15.5 Å². The van der Waals surface area contributed by atoms with Gasteiger partial charge in [-0.15, -0.1) is 0 Å². The van der Waals surface area contributed by atoms with Gasteiger partial charge in [-0.3, -0.25) is 15.2 Å². The molecule has 1 aromatic heterocycles. The molecule has 0 amide bonds. The average molecular weight is 197 g/mol. The van der Waals surface area contributed by atoms with Crippen molar-refractivity contribution < 1.29 is 4.92 Å². The lowest BCUT2D eigenvalue weighted by Crippen LogP contribution is -2.14. The number of aromatic nitrogens is 2. The van der Waals surface area contributed by atoms with Gasteiger partial charge in [0, 0.05) is 6.42 Å². The van der Waals surface area contributed by atoms with Crippen LogP contribution in [0.15, 0.2) is 6.20 Å². The first-order valence-electron chi connectivity index (χ1n) is 4.63. The Hall–Kier alpha value is -1.39. The lowest BCUT2D eigenvalue weighted by Gasteiger charge is -2.20. The Balaban J connectivity index is 2.86. The van der Waals surface area contributed by atoms with Crippen LogP contribution in [0.4, 0.5) is 5.69 Å². The van der Waals surface area contributed by atoms with Gasteiger partial charge in [-0.2, -0.15) is 5.10 Å². The van der Waals surface area contributed by atoms with E-state index in [1.54, 1.807) is 0 Å². The van der Waals surface area contributed by atoms with E-state index in [9.17, 15) is 10.1 Å². The highest BCUT2D eigenvalue weighted by Crippen LogP contribution is 2.28. The monoisotopic (exact) mass is 197 g/mol. The van der Waals surface area contributed by atoms with Crippen LogP contribution in [-0.2, 0) is 6.42 Å². The Bertz CT molecular complexity index is 331. The first kappa shape index (κ1) is 10.7. The summed E-state index contributed by atoms with van der Waals surface area (Å²) in [5.74, 6) is 0. The van der Waals surface area contributed by atoms with Gasteiger partial charge in [0.05, 0.1) is 4.92 Å². The second kappa shape index (κ2) is 3.77. The maximum Gasteiger partial charge on any atom is 0.309 e. The van der Waals surface area contributed by atoms with Gasteiger partial charge in [-0.1, -0.05) is 27.2 Å². The summed E-state index contributed by atoms with van der Waals surface area (Å²) in [6.45, 7) is 6.23. The smallest absolute Gasteiger partial charge is 0.275 e. The molecule has 0 atom stereocenters. The Kier molecular flexibility index (Phi) is 2.88. The average Bonchev–Trinajstić information content (AvgIpc) is 2.51. The molecule has 78 valence electrons. The highest BCUT2D eigenvalue weighted by Gasteiger charge is 2.23. The molecule has 0 unspecified atom stereocenters. The Morgan fingerprint density at radius 1 is 1.64 bits per heavy atom. The summed E-state index contributed by atoms with van der Waals surface area (Å²) < 4.78 is 0. The summed E-state index contributed by atoms with van der Waals surface area (Å²) in [5.41, 5.74) is 0.769. The Morgan fingerprint density at radius 3 is 2.79 bits per heavy atom. The van der Waals surface area contributed by atoms with E-state index in [1.165, 1.54) is 6.20 Å². The second-order valence-electron chi connectivity index (χ2n) is 4.19. The van der Waals surface area contributed by atoms with Gasteiger partial charge in [0.2, 0.25) is 0 Å². The number of hydrogen-bond acceptors (Lipinski definition) is 3. The molecule has 0 radical (unpaired) electrons. The van der Waals surface area contributed by atoms with Crippen LogP contribution >= 0.6 is 0 Å². The second-order valence-corrected chi connectivity index (χ2v) is 4.19. The van der Waals surface area contributed by atoms with Gasteiger partial charge in [0.25, 0.3) is 0 Å². The molecule has 0 saturated heterocycles. The molecule has 5 nitrogen and oxygen atoms in total. The molecule has 0 saturated carbocycles. The number of aromatic amines is 1. The zero-order valence-electron chi connectivity index (χ0n) is 8.70. The number of nitrogens with zero attached hydrogens (tertiary/aromatic N) is 2. The highest BCUT2D eigenvalue weighted by molar-refractivity contribution is 5.32. The maximum atomic E-state index is 10.6. The molecule has 0 aliphatic carbocycles. The minimum absolute atomic E-state index is 0.0668. The van der Waals surface area contributed by atoms with Crippen molar-refractivity contribution in [3.05, 3.63) is 22.0 Å². The van der Waals surface area contributed by atoms with Crippen LogP contribution in [0.2, 0.25) is 0 Å². The van der Waals surface area contributed by atoms with E-state index < -0.39 is 4.92 Å². The van der Waals surface area contributed by atoms with Crippen molar-refractivity contribution in [2.45, 2.75) is 33.6 Å². The SMILES string of the molecule is CCC(C)(C)Cc1[nH]ncc1[N+](=O)[O-]. The molecular formula is C9H15N3O2. The zero-order valence-corrected chi connectivity index (χ0v) is 8.70. The van der Waals surface area contributed by atoms with E-state index in [1.807, 2.05) is 0 Å². The number of rotatable bonds is 4. The molecule has 1 N–H and O–H groups in total. The largest absolute Gasteiger partial charge is 0.309 e. The summed E-state index contributed by atoms with van der Waals surface area (Å²) in [6.07, 6.45) is 2.89. The molecule has 1 rings (SSSR count). The first-order chi connectivity index (χ1) is 6.46. The molecule has 1 heterocycles. The standard InChI is InChI=1S/C9H15N3O2/c1-4-9(2,3)5-7-8(12(13)14)6-10-11-7/h6H,4-5H2,1-3H3,(H,10,11). The molecular weight excluding hydrogens is 182 g/mol. The minimum atomic E-state index is -0.398. The van der Waals surface area contributed by atoms with Crippen molar-refractivity contribution in [2.24, 2.45) is 5.41 Å². The number of nitro groups is 1. The molecule has 0 spiro atoms. The molecule has 1 aromatic rings. The first-order valence-corrected chi connectivity index (χ1v) is 4.63. The topological polar surface area (TPSA) is 71.8 Å². The van der Waals surface area contributed by atoms with E-state index in [0.29, 0.717) is 12.1 Å². The van der Waals surface area contributed by atoms with Gasteiger partial charge < -0.3 is 0 Å². The van der Waals surface area contributed by atoms with Crippen molar-refractivity contribution in [3.8, 4) is 0 Å². The van der Waals surface area contributed by atoms with Crippen LogP contribution < -0.4 is 0 Å². The zero-order chi connectivity index (χ0) is 10.8. The van der Waals surface area contributed by atoms with Crippen LogP contribution in [-0.4, -0.2) is 15.1 Å².